The molecule has 2 rings (SSSR count). The molecule has 0 bridgehead atoms. The Morgan fingerprint density at radius 1 is 1.50 bits per heavy atom. The van der Waals surface area contributed by atoms with Crippen LogP contribution < -0.4 is 0 Å². The fourth-order valence-corrected chi connectivity index (χ4v) is 0.972. The first-order valence-corrected chi connectivity index (χ1v) is 2.70. The van der Waals surface area contributed by atoms with Gasteiger partial charge in [0, 0.05) is 6.21 Å². The van der Waals surface area contributed by atoms with Gasteiger partial charge in [-0.1, -0.05) is 0 Å². The predicted octanol–water partition coefficient (Wildman–Crippen LogP) is -0.188. The summed E-state index contributed by atoms with van der Waals surface area (Å²) in [6.07, 6.45) is 2.21. The maximum absolute atomic E-state index is 5.13. The number of aliphatic imine (C=N–C) groups is 1. The monoisotopic (exact) mass is 113 g/mol. The van der Waals surface area contributed by atoms with E-state index < -0.39 is 0 Å². The molecular weight excluding hydrogens is 106 g/mol. The standard InChI is InChI=1S/C5H7NO2/c1-4-5(2-6-1)8-3-7-4/h1,4-5H,2-3H2. The SMILES string of the molecule is C1=NCC2OCOC12. The normalized spacial score (nSPS) is 43.0. The van der Waals surface area contributed by atoms with Crippen LogP contribution in [0.25, 0.3) is 0 Å². The molecule has 0 radical (unpaired) electrons. The number of hydrogen-bond donors (Lipinski definition) is 0. The first-order chi connectivity index (χ1) is 3.97. The van der Waals surface area contributed by atoms with Crippen LogP contribution in [-0.4, -0.2) is 31.8 Å². The molecular formula is C5H7NO2. The van der Waals surface area contributed by atoms with E-state index in [2.05, 4.69) is 4.99 Å². The van der Waals surface area contributed by atoms with Crippen LogP contribution in [-0.2, 0) is 9.47 Å². The van der Waals surface area contributed by atoms with Gasteiger partial charge < -0.3 is 9.47 Å². The average molecular weight is 113 g/mol. The molecule has 2 aliphatic heterocycles. The van der Waals surface area contributed by atoms with Crippen molar-refractivity contribution in [1.82, 2.24) is 0 Å². The number of rotatable bonds is 0. The van der Waals surface area contributed by atoms with E-state index in [1.165, 1.54) is 0 Å². The third-order valence-electron chi connectivity index (χ3n) is 1.45. The second-order valence-electron chi connectivity index (χ2n) is 1.97. The van der Waals surface area contributed by atoms with Gasteiger partial charge in [0.2, 0.25) is 0 Å². The summed E-state index contributed by atoms with van der Waals surface area (Å²) in [6.45, 7) is 1.23. The Morgan fingerprint density at radius 2 is 2.50 bits per heavy atom. The molecule has 8 heavy (non-hydrogen) atoms. The lowest BCUT2D eigenvalue weighted by Crippen LogP contribution is -2.19. The molecule has 1 fully saturated rings. The molecule has 2 atom stereocenters. The molecule has 0 aromatic heterocycles. The molecule has 0 aliphatic carbocycles. The van der Waals surface area contributed by atoms with Crippen molar-refractivity contribution in [3.05, 3.63) is 0 Å². The van der Waals surface area contributed by atoms with Gasteiger partial charge in [-0.3, -0.25) is 4.99 Å². The van der Waals surface area contributed by atoms with Crippen molar-refractivity contribution in [3.8, 4) is 0 Å². The van der Waals surface area contributed by atoms with Crippen LogP contribution in [0.1, 0.15) is 0 Å². The van der Waals surface area contributed by atoms with E-state index in [1.807, 2.05) is 6.21 Å². The molecule has 3 nitrogen and oxygen atoms in total. The first kappa shape index (κ1) is 4.47. The molecule has 0 N–H and O–H groups in total. The van der Waals surface area contributed by atoms with E-state index >= 15 is 0 Å². The zero-order chi connectivity index (χ0) is 5.40. The molecule has 2 heterocycles. The van der Waals surface area contributed by atoms with Gasteiger partial charge in [-0.25, -0.2) is 0 Å². The minimum absolute atomic E-state index is 0.162. The average Bonchev–Trinajstić information content (AvgIpc) is 2.15. The zero-order valence-electron chi connectivity index (χ0n) is 4.41. The molecule has 2 unspecified atom stereocenters. The highest BCUT2D eigenvalue weighted by Gasteiger charge is 2.30. The molecule has 0 spiro atoms. The molecule has 3 heteroatoms. The smallest absolute Gasteiger partial charge is 0.148 e. The summed E-state index contributed by atoms with van der Waals surface area (Å²) in [5, 5.41) is 0. The summed E-state index contributed by atoms with van der Waals surface area (Å²) in [5.74, 6) is 0. The lowest BCUT2D eigenvalue weighted by atomic mass is 10.3. The van der Waals surface area contributed by atoms with Gasteiger partial charge in [0.25, 0.3) is 0 Å². The van der Waals surface area contributed by atoms with Gasteiger partial charge in [0.05, 0.1) is 6.54 Å². The van der Waals surface area contributed by atoms with E-state index in [4.69, 9.17) is 9.47 Å². The lowest BCUT2D eigenvalue weighted by Gasteiger charge is -1.99. The minimum atomic E-state index is 0.162. The van der Waals surface area contributed by atoms with Crippen molar-refractivity contribution < 1.29 is 9.47 Å². The third kappa shape index (κ3) is 0.485. The van der Waals surface area contributed by atoms with Crippen LogP contribution >= 0.6 is 0 Å². The van der Waals surface area contributed by atoms with Crippen molar-refractivity contribution in [3.63, 3.8) is 0 Å². The van der Waals surface area contributed by atoms with Crippen LogP contribution in [0.2, 0.25) is 0 Å². The maximum atomic E-state index is 5.13. The fourth-order valence-electron chi connectivity index (χ4n) is 0.972. The highest BCUT2D eigenvalue weighted by atomic mass is 16.7. The first-order valence-electron chi connectivity index (χ1n) is 2.70. The Balaban J connectivity index is 2.13. The van der Waals surface area contributed by atoms with Crippen molar-refractivity contribution in [2.45, 2.75) is 12.2 Å². The van der Waals surface area contributed by atoms with Gasteiger partial charge in [-0.2, -0.15) is 0 Å². The molecule has 0 aromatic rings. The van der Waals surface area contributed by atoms with E-state index in [1.54, 1.807) is 0 Å². The van der Waals surface area contributed by atoms with Crippen LogP contribution in [0.4, 0.5) is 0 Å². The quantitative estimate of drug-likeness (QED) is 0.436. The van der Waals surface area contributed by atoms with Gasteiger partial charge in [-0.15, -0.1) is 0 Å². The van der Waals surface area contributed by atoms with Gasteiger partial charge in [0.15, 0.2) is 0 Å². The Morgan fingerprint density at radius 3 is 3.38 bits per heavy atom. The third-order valence-corrected chi connectivity index (χ3v) is 1.45. The van der Waals surface area contributed by atoms with E-state index in [0.29, 0.717) is 6.79 Å². The van der Waals surface area contributed by atoms with Crippen molar-refractivity contribution in [2.75, 3.05) is 13.3 Å². The second-order valence-corrected chi connectivity index (χ2v) is 1.97. The summed E-state index contributed by atoms with van der Waals surface area (Å²) in [7, 11) is 0. The predicted molar refractivity (Wildman–Crippen MR) is 28.0 cm³/mol. The topological polar surface area (TPSA) is 30.8 Å². The Bertz CT molecular complexity index is 124. The van der Waals surface area contributed by atoms with Crippen LogP contribution in [0.5, 0.6) is 0 Å². The highest BCUT2D eigenvalue weighted by Crippen LogP contribution is 2.15. The van der Waals surface area contributed by atoms with Crippen LogP contribution in [0, 0.1) is 0 Å². The number of hydrogen-bond acceptors (Lipinski definition) is 3. The summed E-state index contributed by atoms with van der Waals surface area (Å²) >= 11 is 0. The molecule has 0 aromatic carbocycles. The Hall–Kier alpha value is -0.410. The Kier molecular flexibility index (Phi) is 0.856. The van der Waals surface area contributed by atoms with E-state index in [-0.39, 0.29) is 12.2 Å². The largest absolute Gasteiger partial charge is 0.347 e. The number of nitrogens with zero attached hydrogens (tertiary/aromatic N) is 1. The van der Waals surface area contributed by atoms with Crippen LogP contribution in [0.15, 0.2) is 4.99 Å². The van der Waals surface area contributed by atoms with Gasteiger partial charge in [-0.05, 0) is 0 Å². The summed E-state index contributed by atoms with van der Waals surface area (Å²) in [4.78, 5) is 3.99. The minimum Gasteiger partial charge on any atom is -0.347 e. The highest BCUT2D eigenvalue weighted by molar-refractivity contribution is 5.66. The van der Waals surface area contributed by atoms with Crippen LogP contribution in [0.3, 0.4) is 0 Å². The molecule has 1 saturated heterocycles. The summed E-state index contributed by atoms with van der Waals surface area (Å²) in [6, 6.07) is 0. The molecule has 44 valence electrons. The number of ether oxygens (including phenoxy) is 2. The maximum Gasteiger partial charge on any atom is 0.148 e. The van der Waals surface area contributed by atoms with E-state index in [0.717, 1.165) is 6.54 Å². The van der Waals surface area contributed by atoms with Gasteiger partial charge >= 0.3 is 0 Å². The van der Waals surface area contributed by atoms with Crippen molar-refractivity contribution in [1.29, 1.82) is 0 Å². The fraction of sp³-hybridized carbons (Fsp3) is 0.800. The summed E-state index contributed by atoms with van der Waals surface area (Å²) in [5.41, 5.74) is 0. The molecule has 2 aliphatic rings. The van der Waals surface area contributed by atoms with Crippen molar-refractivity contribution >= 4 is 6.21 Å². The Labute approximate surface area is 47.3 Å². The summed E-state index contributed by atoms with van der Waals surface area (Å²) < 4.78 is 10.2. The van der Waals surface area contributed by atoms with Gasteiger partial charge in [0.1, 0.15) is 19.0 Å². The molecule has 0 amide bonds. The van der Waals surface area contributed by atoms with Crippen molar-refractivity contribution in [2.24, 2.45) is 4.99 Å². The lowest BCUT2D eigenvalue weighted by molar-refractivity contribution is 0.0447. The van der Waals surface area contributed by atoms with E-state index in [9.17, 15) is 0 Å². The zero-order valence-corrected chi connectivity index (χ0v) is 4.41. The molecule has 0 saturated carbocycles. The number of fused-ring (bicyclic) bond motifs is 1. The second kappa shape index (κ2) is 1.53.